The zero-order valence-electron chi connectivity index (χ0n) is 30.3. The van der Waals surface area contributed by atoms with Gasteiger partial charge in [-0.3, -0.25) is 28.3 Å². The van der Waals surface area contributed by atoms with Gasteiger partial charge in [-0.15, -0.1) is 25.6 Å². The molecule has 6 rings (SSSR count). The predicted octanol–water partition coefficient (Wildman–Crippen LogP) is 6.95. The van der Waals surface area contributed by atoms with Gasteiger partial charge in [0.1, 0.15) is 53.6 Å². The number of hydrogen-bond donors (Lipinski definition) is 8. The number of fused-ring (bicyclic) bond motifs is 2. The highest BCUT2D eigenvalue weighted by Gasteiger charge is 2.30. The monoisotopic (exact) mass is 947 g/mol. The van der Waals surface area contributed by atoms with Crippen molar-refractivity contribution in [1.82, 2.24) is 0 Å². The second-order valence-electron chi connectivity index (χ2n) is 12.5. The molecule has 0 heterocycles. The predicted molar refractivity (Wildman–Crippen MR) is 211 cm³/mol. The van der Waals surface area contributed by atoms with Crippen LogP contribution < -0.4 is 0 Å². The minimum Gasteiger partial charge on any atom is -0.505 e. The zero-order valence-corrected chi connectivity index (χ0v) is 33.6. The van der Waals surface area contributed by atoms with E-state index < -0.39 is 133 Å². The number of aromatic hydroxyl groups is 3. The fraction of sp³-hybridized carbons (Fsp3) is 0. The van der Waals surface area contributed by atoms with Crippen LogP contribution in [0.2, 0.25) is 0 Å². The number of rotatable bonds is 12. The number of azo groups is 3. The number of benzene rings is 6. The van der Waals surface area contributed by atoms with E-state index in [0.29, 0.717) is 41.8 Å². The van der Waals surface area contributed by atoms with E-state index >= 15 is 0 Å². The maximum absolute atomic E-state index is 12.5. The Morgan fingerprint density at radius 1 is 0.524 bits per heavy atom. The minimum absolute atomic E-state index is 0.222. The molecule has 63 heavy (non-hydrogen) atoms. The normalized spacial score (nSPS) is 12.9. The van der Waals surface area contributed by atoms with Gasteiger partial charge in [0.15, 0.2) is 17.2 Å². The molecule has 0 aliphatic rings. The summed E-state index contributed by atoms with van der Waals surface area (Å²) in [5.41, 5.74) is -6.47. The number of carbonyl (C=O) groups is 1. The van der Waals surface area contributed by atoms with E-state index in [1.165, 1.54) is 24.3 Å². The largest absolute Gasteiger partial charge is 0.505 e. The molecule has 26 nitrogen and oxygen atoms in total. The highest BCUT2D eigenvalue weighted by atomic mass is 32.2. The van der Waals surface area contributed by atoms with E-state index in [1.54, 1.807) is 6.07 Å². The summed E-state index contributed by atoms with van der Waals surface area (Å²) in [6, 6.07) is 12.1. The number of nitro groups is 1. The van der Waals surface area contributed by atoms with Crippen LogP contribution >= 0.6 is 0 Å². The zero-order chi connectivity index (χ0) is 46.6. The van der Waals surface area contributed by atoms with Gasteiger partial charge in [0, 0.05) is 17.5 Å². The number of aromatic carboxylic acids is 1. The van der Waals surface area contributed by atoms with Crippen LogP contribution in [0.3, 0.4) is 0 Å². The maximum atomic E-state index is 12.5. The summed E-state index contributed by atoms with van der Waals surface area (Å²) in [4.78, 5) is 16.7. The lowest BCUT2D eigenvalue weighted by Crippen LogP contribution is -2.02. The van der Waals surface area contributed by atoms with Gasteiger partial charge in [-0.05, 0) is 53.2 Å². The van der Waals surface area contributed by atoms with Crippen molar-refractivity contribution in [2.75, 3.05) is 0 Å². The topological polar surface area (TPSA) is 433 Å². The van der Waals surface area contributed by atoms with Gasteiger partial charge in [-0.2, -0.15) is 38.8 Å². The van der Waals surface area contributed by atoms with Crippen LogP contribution in [0.15, 0.2) is 129 Å². The average Bonchev–Trinajstić information content (AvgIpc) is 3.17. The molecule has 0 aliphatic carbocycles. The Kier molecular flexibility index (Phi) is 11.5. The fourth-order valence-corrected chi connectivity index (χ4v) is 8.31. The van der Waals surface area contributed by atoms with Gasteiger partial charge >= 0.3 is 5.97 Å². The summed E-state index contributed by atoms with van der Waals surface area (Å²) in [6.45, 7) is 0. The molecule has 0 unspecified atom stereocenters. The first kappa shape index (κ1) is 45.1. The van der Waals surface area contributed by atoms with Crippen LogP contribution in [0.4, 0.5) is 39.8 Å². The quantitative estimate of drug-likeness (QED) is 0.0266. The summed E-state index contributed by atoms with van der Waals surface area (Å²) in [5, 5.41) is 74.2. The van der Waals surface area contributed by atoms with Gasteiger partial charge in [0.05, 0.1) is 16.0 Å². The van der Waals surface area contributed by atoms with Crippen LogP contribution in [0.5, 0.6) is 17.2 Å². The number of hydrogen-bond acceptors (Lipinski definition) is 20. The second-order valence-corrected chi connectivity index (χ2v) is 18.0. The average molecular weight is 948 g/mol. The standard InChI is InChI=1S/C33H21N7O19S4/c41-30-19(33(44)45)9-14-3-1-2-4-18(14)27(30)37-34-16-5-7-20(22(12-16)60(48,49)50)35-38-28-24(62(54,55)56)10-15-11-25(63(57,58)59)29(32(43)26(15)31(28)42)39-36-21-8-6-17(40(46)47)13-23(21)61(51,52)53/h1-13,41-43H,(H,44,45)(H,48,49,50)(H,51,52,53)(H,54,55,56)(H,57,58,59). The van der Waals surface area contributed by atoms with Crippen molar-refractivity contribution in [2.24, 2.45) is 30.7 Å². The third-order valence-electron chi connectivity index (χ3n) is 8.47. The Morgan fingerprint density at radius 3 is 1.49 bits per heavy atom. The molecule has 0 saturated carbocycles. The minimum atomic E-state index is -5.53. The first-order valence-corrected chi connectivity index (χ1v) is 22.1. The summed E-state index contributed by atoms with van der Waals surface area (Å²) in [7, 11) is -21.7. The number of nitro benzene ring substituents is 1. The van der Waals surface area contributed by atoms with Crippen molar-refractivity contribution in [2.45, 2.75) is 19.6 Å². The summed E-state index contributed by atoms with van der Waals surface area (Å²) < 4.78 is 138. The second kappa shape index (κ2) is 16.1. The van der Waals surface area contributed by atoms with Crippen molar-refractivity contribution < 1.29 is 82.0 Å². The van der Waals surface area contributed by atoms with Gasteiger partial charge in [0.25, 0.3) is 46.2 Å². The Bertz CT molecular complexity index is 3560. The van der Waals surface area contributed by atoms with Gasteiger partial charge in [-0.25, -0.2) is 4.79 Å². The van der Waals surface area contributed by atoms with Crippen LogP contribution in [0, 0.1) is 10.1 Å². The lowest BCUT2D eigenvalue weighted by molar-refractivity contribution is -0.385. The smallest absolute Gasteiger partial charge is 0.339 e. The number of carboxylic acids is 1. The Morgan fingerprint density at radius 2 is 1.00 bits per heavy atom. The Hall–Kier alpha value is -7.45. The molecule has 0 radical (unpaired) electrons. The van der Waals surface area contributed by atoms with E-state index in [2.05, 4.69) is 30.7 Å². The lowest BCUT2D eigenvalue weighted by atomic mass is 10.0. The van der Waals surface area contributed by atoms with Crippen LogP contribution in [0.1, 0.15) is 10.4 Å². The molecular formula is C33H21N7O19S4. The highest BCUT2D eigenvalue weighted by molar-refractivity contribution is 7.86. The molecule has 0 fully saturated rings. The summed E-state index contributed by atoms with van der Waals surface area (Å²) in [5.74, 6) is -5.27. The SMILES string of the molecule is O=C(O)c1cc2ccccc2c(N=Nc2ccc(N=Nc3c(S(=O)(=O)O)cc4cc(S(=O)(=O)O)c(N=Nc5ccc([N+](=O)[O-])cc5S(=O)(=O)O)c(O)c4c3O)c(S(=O)(=O)O)c2)c1O. The molecule has 6 aromatic carbocycles. The molecule has 30 heteroatoms. The number of non-ortho nitro benzene ring substituents is 1. The molecule has 0 spiro atoms. The van der Waals surface area contributed by atoms with Crippen molar-refractivity contribution in [3.05, 3.63) is 94.5 Å². The van der Waals surface area contributed by atoms with E-state index in [1.807, 2.05) is 0 Å². The van der Waals surface area contributed by atoms with Crippen molar-refractivity contribution >= 4 is 108 Å². The highest BCUT2D eigenvalue weighted by Crippen LogP contribution is 2.50. The van der Waals surface area contributed by atoms with Gasteiger partial charge in [0.2, 0.25) is 0 Å². The molecule has 0 saturated heterocycles. The number of phenols is 3. The molecule has 0 bridgehead atoms. The van der Waals surface area contributed by atoms with Gasteiger partial charge < -0.3 is 20.4 Å². The number of phenolic OH excluding ortho intramolecular Hbond substituents is 2. The van der Waals surface area contributed by atoms with Crippen LogP contribution in [-0.2, 0) is 40.5 Å². The Balaban J connectivity index is 1.52. The third kappa shape index (κ3) is 9.12. The first-order valence-electron chi connectivity index (χ1n) is 16.3. The van der Waals surface area contributed by atoms with E-state index in [0.717, 1.165) is 12.1 Å². The van der Waals surface area contributed by atoms with Crippen LogP contribution in [0.25, 0.3) is 21.5 Å². The van der Waals surface area contributed by atoms with Crippen LogP contribution in [-0.4, -0.2) is 83.2 Å². The number of nitrogens with zero attached hydrogens (tertiary/aromatic N) is 7. The van der Waals surface area contributed by atoms with E-state index in [4.69, 9.17) is 0 Å². The van der Waals surface area contributed by atoms with E-state index in [-0.39, 0.29) is 16.8 Å². The molecule has 0 aliphatic heterocycles. The molecule has 326 valence electrons. The van der Waals surface area contributed by atoms with E-state index in [9.17, 15) is 87.2 Å². The van der Waals surface area contributed by atoms with Gasteiger partial charge in [-0.1, -0.05) is 24.3 Å². The molecule has 0 aromatic heterocycles. The Labute approximate surface area is 350 Å². The summed E-state index contributed by atoms with van der Waals surface area (Å²) in [6.07, 6.45) is 0. The van der Waals surface area contributed by atoms with Crippen molar-refractivity contribution in [3.63, 3.8) is 0 Å². The van der Waals surface area contributed by atoms with Crippen molar-refractivity contribution in [3.8, 4) is 17.2 Å². The third-order valence-corrected chi connectivity index (χ3v) is 12.0. The summed E-state index contributed by atoms with van der Waals surface area (Å²) >= 11 is 0. The lowest BCUT2D eigenvalue weighted by Gasteiger charge is -2.13. The number of carboxylic acid groups (broad SMARTS) is 1. The maximum Gasteiger partial charge on any atom is 0.339 e. The fourth-order valence-electron chi connectivity index (χ4n) is 5.70. The molecule has 0 amide bonds. The first-order chi connectivity index (χ1) is 29.2. The molecule has 6 aromatic rings. The molecule has 0 atom stereocenters. The molecule has 8 N–H and O–H groups in total. The molecular weight excluding hydrogens is 927 g/mol. The van der Waals surface area contributed by atoms with Crippen molar-refractivity contribution in [1.29, 1.82) is 0 Å².